The minimum atomic E-state index is 0.348. The maximum absolute atomic E-state index is 5.42. The second-order valence-corrected chi connectivity index (χ2v) is 2.87. The summed E-state index contributed by atoms with van der Waals surface area (Å²) in [7, 11) is 0. The highest BCUT2D eigenvalue weighted by Gasteiger charge is 2.16. The van der Waals surface area contributed by atoms with Crippen LogP contribution in [0, 0.1) is 5.92 Å². The van der Waals surface area contributed by atoms with Crippen molar-refractivity contribution in [3.63, 3.8) is 0 Å². The summed E-state index contributed by atoms with van der Waals surface area (Å²) in [6.07, 6.45) is 2.78. The van der Waals surface area contributed by atoms with Crippen molar-refractivity contribution in [1.82, 2.24) is 0 Å². The summed E-state index contributed by atoms with van der Waals surface area (Å²) < 4.78 is 5.41. The smallest absolute Gasteiger partial charge is 0.0697 e. The highest BCUT2D eigenvalue weighted by molar-refractivity contribution is 4.67. The lowest BCUT2D eigenvalue weighted by molar-refractivity contribution is -0.00521. The first-order chi connectivity index (χ1) is 4.33. The van der Waals surface area contributed by atoms with E-state index in [4.69, 9.17) is 10.5 Å². The summed E-state index contributed by atoms with van der Waals surface area (Å²) in [5.41, 5.74) is 5.42. The summed E-state index contributed by atoms with van der Waals surface area (Å²) in [4.78, 5) is 0. The van der Waals surface area contributed by atoms with E-state index in [1.807, 2.05) is 0 Å². The van der Waals surface area contributed by atoms with Gasteiger partial charge in [0.2, 0.25) is 0 Å². The van der Waals surface area contributed by atoms with Crippen LogP contribution in [-0.2, 0) is 4.74 Å². The fraction of sp³-hybridized carbons (Fsp3) is 1.00. The summed E-state index contributed by atoms with van der Waals surface area (Å²) in [6, 6.07) is 0. The van der Waals surface area contributed by atoms with Crippen LogP contribution in [0.1, 0.15) is 19.8 Å². The molecule has 2 unspecified atom stereocenters. The normalized spacial score (nSPS) is 36.7. The lowest BCUT2D eigenvalue weighted by Crippen LogP contribution is -2.30. The van der Waals surface area contributed by atoms with Crippen molar-refractivity contribution in [2.24, 2.45) is 11.7 Å². The Kier molecular flexibility index (Phi) is 2.49. The Bertz CT molecular complexity index is 77.0. The number of hydrogen-bond donors (Lipinski definition) is 1. The van der Waals surface area contributed by atoms with Gasteiger partial charge in [-0.25, -0.2) is 0 Å². The Morgan fingerprint density at radius 1 is 1.56 bits per heavy atom. The van der Waals surface area contributed by atoms with E-state index in [1.54, 1.807) is 0 Å². The highest BCUT2D eigenvalue weighted by atomic mass is 16.5. The zero-order valence-corrected chi connectivity index (χ0v) is 5.97. The summed E-state index contributed by atoms with van der Waals surface area (Å²) in [5, 5.41) is 0. The first kappa shape index (κ1) is 7.03. The fourth-order valence-corrected chi connectivity index (χ4v) is 1.12. The summed E-state index contributed by atoms with van der Waals surface area (Å²) in [5.74, 6) is 0.743. The quantitative estimate of drug-likeness (QED) is 0.567. The van der Waals surface area contributed by atoms with Gasteiger partial charge in [-0.2, -0.15) is 0 Å². The molecule has 0 aromatic heterocycles. The largest absolute Gasteiger partial charge is 0.377 e. The number of nitrogens with two attached hydrogens (primary N) is 1. The van der Waals surface area contributed by atoms with Gasteiger partial charge in [0, 0.05) is 13.2 Å². The molecule has 54 valence electrons. The highest BCUT2D eigenvalue weighted by Crippen LogP contribution is 2.16. The Hall–Kier alpha value is -0.0800. The lowest BCUT2D eigenvalue weighted by atomic mass is 10.0. The van der Waals surface area contributed by atoms with Crippen molar-refractivity contribution < 1.29 is 4.74 Å². The van der Waals surface area contributed by atoms with Gasteiger partial charge >= 0.3 is 0 Å². The first-order valence-electron chi connectivity index (χ1n) is 3.64. The topological polar surface area (TPSA) is 35.2 Å². The van der Waals surface area contributed by atoms with Gasteiger partial charge in [0.1, 0.15) is 0 Å². The van der Waals surface area contributed by atoms with Crippen LogP contribution < -0.4 is 5.73 Å². The zero-order valence-electron chi connectivity index (χ0n) is 5.97. The third kappa shape index (κ3) is 1.95. The summed E-state index contributed by atoms with van der Waals surface area (Å²) in [6.45, 7) is 3.81. The molecule has 2 nitrogen and oxygen atoms in total. The minimum absolute atomic E-state index is 0.348. The Morgan fingerprint density at radius 3 is 2.78 bits per heavy atom. The van der Waals surface area contributed by atoms with Gasteiger partial charge < -0.3 is 10.5 Å². The van der Waals surface area contributed by atoms with Crippen LogP contribution in [0.5, 0.6) is 0 Å². The number of rotatable bonds is 1. The molecule has 0 aliphatic carbocycles. The standard InChI is InChI=1S/C7H15NO/c1-6-2-3-7(4-8)9-5-6/h6-7H,2-5,8H2,1H3. The number of ether oxygens (including phenoxy) is 1. The molecule has 9 heavy (non-hydrogen) atoms. The van der Waals surface area contributed by atoms with Crippen LogP contribution in [0.4, 0.5) is 0 Å². The molecule has 0 aromatic carbocycles. The zero-order chi connectivity index (χ0) is 6.69. The second kappa shape index (κ2) is 3.18. The Balaban J connectivity index is 2.18. The van der Waals surface area contributed by atoms with Gasteiger partial charge in [0.05, 0.1) is 6.10 Å². The van der Waals surface area contributed by atoms with Gasteiger partial charge in [-0.15, -0.1) is 0 Å². The van der Waals surface area contributed by atoms with Crippen molar-refractivity contribution >= 4 is 0 Å². The van der Waals surface area contributed by atoms with Crippen LogP contribution in [0.15, 0.2) is 0 Å². The molecule has 1 fully saturated rings. The van der Waals surface area contributed by atoms with E-state index in [1.165, 1.54) is 6.42 Å². The Labute approximate surface area is 56.4 Å². The van der Waals surface area contributed by atoms with Gasteiger partial charge in [-0.05, 0) is 18.8 Å². The SMILES string of the molecule is CC1CCC(CN)OC1. The van der Waals surface area contributed by atoms with E-state index >= 15 is 0 Å². The maximum atomic E-state index is 5.42. The van der Waals surface area contributed by atoms with E-state index in [0.29, 0.717) is 12.6 Å². The predicted octanol–water partition coefficient (Wildman–Crippen LogP) is 0.760. The van der Waals surface area contributed by atoms with Crippen molar-refractivity contribution in [2.75, 3.05) is 13.2 Å². The molecule has 0 spiro atoms. The molecule has 0 bridgehead atoms. The molecule has 1 rings (SSSR count). The van der Waals surface area contributed by atoms with Crippen LogP contribution in [0.25, 0.3) is 0 Å². The van der Waals surface area contributed by atoms with Crippen LogP contribution >= 0.6 is 0 Å². The molecule has 0 saturated carbocycles. The van der Waals surface area contributed by atoms with Crippen LogP contribution in [0.2, 0.25) is 0 Å². The van der Waals surface area contributed by atoms with Crippen molar-refractivity contribution in [3.8, 4) is 0 Å². The molecule has 1 saturated heterocycles. The fourth-order valence-electron chi connectivity index (χ4n) is 1.12. The Morgan fingerprint density at radius 2 is 2.33 bits per heavy atom. The molecule has 0 radical (unpaired) electrons. The van der Waals surface area contributed by atoms with Gasteiger partial charge in [-0.1, -0.05) is 6.92 Å². The van der Waals surface area contributed by atoms with Crippen molar-refractivity contribution in [1.29, 1.82) is 0 Å². The van der Waals surface area contributed by atoms with E-state index in [0.717, 1.165) is 18.9 Å². The third-order valence-electron chi connectivity index (χ3n) is 1.86. The van der Waals surface area contributed by atoms with Crippen molar-refractivity contribution in [2.45, 2.75) is 25.9 Å². The lowest BCUT2D eigenvalue weighted by Gasteiger charge is -2.25. The molecule has 0 aromatic rings. The molecule has 1 aliphatic heterocycles. The molecular weight excluding hydrogens is 114 g/mol. The molecule has 2 N–H and O–H groups in total. The molecular formula is C7H15NO. The molecule has 1 aliphatic rings. The van der Waals surface area contributed by atoms with E-state index < -0.39 is 0 Å². The van der Waals surface area contributed by atoms with Gasteiger partial charge in [0.15, 0.2) is 0 Å². The van der Waals surface area contributed by atoms with Gasteiger partial charge in [-0.3, -0.25) is 0 Å². The molecule has 2 heteroatoms. The third-order valence-corrected chi connectivity index (χ3v) is 1.86. The van der Waals surface area contributed by atoms with E-state index in [2.05, 4.69) is 6.92 Å². The first-order valence-corrected chi connectivity index (χ1v) is 3.64. The van der Waals surface area contributed by atoms with E-state index in [9.17, 15) is 0 Å². The summed E-state index contributed by atoms with van der Waals surface area (Å²) >= 11 is 0. The molecule has 1 heterocycles. The maximum Gasteiger partial charge on any atom is 0.0697 e. The monoisotopic (exact) mass is 129 g/mol. The van der Waals surface area contributed by atoms with Crippen molar-refractivity contribution in [3.05, 3.63) is 0 Å². The van der Waals surface area contributed by atoms with Gasteiger partial charge in [0.25, 0.3) is 0 Å². The second-order valence-electron chi connectivity index (χ2n) is 2.87. The predicted molar refractivity (Wildman–Crippen MR) is 37.2 cm³/mol. The average Bonchev–Trinajstić information content (AvgIpc) is 1.90. The molecule has 0 amide bonds. The number of hydrogen-bond acceptors (Lipinski definition) is 2. The average molecular weight is 129 g/mol. The molecule has 2 atom stereocenters. The minimum Gasteiger partial charge on any atom is -0.377 e. The van der Waals surface area contributed by atoms with E-state index in [-0.39, 0.29) is 0 Å². The van der Waals surface area contributed by atoms with Crippen LogP contribution in [0.3, 0.4) is 0 Å². The van der Waals surface area contributed by atoms with Crippen LogP contribution in [-0.4, -0.2) is 19.3 Å².